The number of benzene rings is 2. The first-order valence-electron chi connectivity index (χ1n) is 10.2. The van der Waals surface area contributed by atoms with Crippen molar-refractivity contribution < 1.29 is 14.3 Å². The van der Waals surface area contributed by atoms with E-state index in [-0.39, 0.29) is 12.1 Å². The molecule has 0 radical (unpaired) electrons. The van der Waals surface area contributed by atoms with Crippen molar-refractivity contribution in [1.29, 1.82) is 0 Å². The molecule has 4 rings (SSSR count). The van der Waals surface area contributed by atoms with E-state index in [1.807, 2.05) is 56.5 Å². The van der Waals surface area contributed by atoms with Crippen molar-refractivity contribution in [2.75, 3.05) is 0 Å². The number of hydrogen-bond donors (Lipinski definition) is 0. The standard InChI is InChI=1S/C23H23N5O3S/c1-15(2)31-23(29)18-6-4-5-17(11-18)22-25-27-28(26-22)12-19-14-32-21(24-19)13-30-20-9-7-16(3)8-10-20/h4-11,14-15H,12-13H2,1-3H3. The molecule has 0 aliphatic carbocycles. The Morgan fingerprint density at radius 2 is 1.97 bits per heavy atom. The van der Waals surface area contributed by atoms with Crippen molar-refractivity contribution in [3.05, 3.63) is 75.7 Å². The second kappa shape index (κ2) is 9.69. The Kier molecular flexibility index (Phi) is 6.55. The maximum absolute atomic E-state index is 12.1. The fourth-order valence-corrected chi connectivity index (χ4v) is 3.60. The Balaban J connectivity index is 1.38. The van der Waals surface area contributed by atoms with Crippen LogP contribution in [0.15, 0.2) is 53.9 Å². The lowest BCUT2D eigenvalue weighted by Crippen LogP contribution is -2.11. The lowest BCUT2D eigenvalue weighted by atomic mass is 10.1. The third-order valence-corrected chi connectivity index (χ3v) is 5.31. The molecule has 0 aliphatic rings. The van der Waals surface area contributed by atoms with Crippen LogP contribution in [0.5, 0.6) is 5.75 Å². The van der Waals surface area contributed by atoms with Gasteiger partial charge in [0.1, 0.15) is 23.9 Å². The molecule has 0 saturated heterocycles. The van der Waals surface area contributed by atoms with Gasteiger partial charge in [0.25, 0.3) is 0 Å². The Hall–Kier alpha value is -3.59. The van der Waals surface area contributed by atoms with Crippen molar-refractivity contribution in [3.8, 4) is 17.1 Å². The summed E-state index contributed by atoms with van der Waals surface area (Å²) in [7, 11) is 0. The van der Waals surface area contributed by atoms with Gasteiger partial charge >= 0.3 is 5.97 Å². The normalized spacial score (nSPS) is 11.0. The average molecular weight is 450 g/mol. The van der Waals surface area contributed by atoms with Crippen LogP contribution < -0.4 is 4.74 Å². The molecule has 0 saturated carbocycles. The number of carbonyl (C=O) groups excluding carboxylic acids is 1. The molecule has 2 aromatic carbocycles. The molecule has 8 nitrogen and oxygen atoms in total. The lowest BCUT2D eigenvalue weighted by Gasteiger charge is -2.08. The van der Waals surface area contributed by atoms with Crippen LogP contribution in [0.25, 0.3) is 11.4 Å². The van der Waals surface area contributed by atoms with Crippen molar-refractivity contribution in [1.82, 2.24) is 25.2 Å². The Morgan fingerprint density at radius 3 is 2.75 bits per heavy atom. The second-order valence-electron chi connectivity index (χ2n) is 7.51. The van der Waals surface area contributed by atoms with Crippen LogP contribution in [0.2, 0.25) is 0 Å². The highest BCUT2D eigenvalue weighted by molar-refractivity contribution is 7.09. The fraction of sp³-hybridized carbons (Fsp3) is 0.261. The lowest BCUT2D eigenvalue weighted by molar-refractivity contribution is 0.0378. The quantitative estimate of drug-likeness (QED) is 0.370. The summed E-state index contributed by atoms with van der Waals surface area (Å²) >= 11 is 1.53. The molecule has 2 heterocycles. The van der Waals surface area contributed by atoms with Gasteiger partial charge in [-0.2, -0.15) is 4.80 Å². The molecule has 0 unspecified atom stereocenters. The van der Waals surface area contributed by atoms with Gasteiger partial charge in [-0.25, -0.2) is 9.78 Å². The zero-order valence-corrected chi connectivity index (χ0v) is 18.9. The molecule has 0 atom stereocenters. The Labute approximate surface area is 189 Å². The monoisotopic (exact) mass is 449 g/mol. The molecule has 9 heteroatoms. The van der Waals surface area contributed by atoms with E-state index in [0.717, 1.165) is 16.5 Å². The molecule has 0 fully saturated rings. The summed E-state index contributed by atoms with van der Waals surface area (Å²) < 4.78 is 11.0. The summed E-state index contributed by atoms with van der Waals surface area (Å²) in [5.74, 6) is 0.869. The molecule has 0 spiro atoms. The molecule has 0 bridgehead atoms. The number of ether oxygens (including phenoxy) is 2. The first kappa shape index (κ1) is 21.6. The largest absolute Gasteiger partial charge is 0.486 e. The molecule has 4 aromatic rings. The van der Waals surface area contributed by atoms with Crippen molar-refractivity contribution in [2.24, 2.45) is 0 Å². The number of tetrazole rings is 1. The number of carbonyl (C=O) groups is 1. The highest BCUT2D eigenvalue weighted by atomic mass is 32.1. The highest BCUT2D eigenvalue weighted by Gasteiger charge is 2.13. The SMILES string of the molecule is Cc1ccc(OCc2nc(Cn3nnc(-c4cccc(C(=O)OC(C)C)c4)n3)cs2)cc1. The van der Waals surface area contributed by atoms with Crippen LogP contribution in [0, 0.1) is 6.92 Å². The summed E-state index contributed by atoms with van der Waals surface area (Å²) in [6.45, 7) is 6.46. The predicted molar refractivity (Wildman–Crippen MR) is 121 cm³/mol. The third kappa shape index (κ3) is 5.55. The molecule has 164 valence electrons. The van der Waals surface area contributed by atoms with Gasteiger partial charge in [-0.1, -0.05) is 29.8 Å². The van der Waals surface area contributed by atoms with E-state index in [1.54, 1.807) is 18.2 Å². The van der Waals surface area contributed by atoms with E-state index >= 15 is 0 Å². The number of hydrogen-bond acceptors (Lipinski definition) is 8. The molecule has 0 aliphatic heterocycles. The number of nitrogens with zero attached hydrogens (tertiary/aromatic N) is 5. The summed E-state index contributed by atoms with van der Waals surface area (Å²) in [4.78, 5) is 18.2. The molecular formula is C23H23N5O3S. The zero-order chi connectivity index (χ0) is 22.5. The van der Waals surface area contributed by atoms with Crippen LogP contribution in [0.1, 0.15) is 40.5 Å². The summed E-state index contributed by atoms with van der Waals surface area (Å²) in [5.41, 5.74) is 3.16. The smallest absolute Gasteiger partial charge is 0.338 e. The Bertz CT molecular complexity index is 1200. The van der Waals surface area contributed by atoms with Gasteiger partial charge in [0, 0.05) is 10.9 Å². The minimum absolute atomic E-state index is 0.185. The maximum Gasteiger partial charge on any atom is 0.338 e. The second-order valence-corrected chi connectivity index (χ2v) is 8.46. The van der Waals surface area contributed by atoms with Gasteiger partial charge in [-0.3, -0.25) is 0 Å². The summed E-state index contributed by atoms with van der Waals surface area (Å²) in [5, 5.41) is 15.5. The Morgan fingerprint density at radius 1 is 1.16 bits per heavy atom. The minimum atomic E-state index is -0.378. The van der Waals surface area contributed by atoms with Crippen LogP contribution in [-0.4, -0.2) is 37.3 Å². The van der Waals surface area contributed by atoms with Crippen LogP contribution in [0.3, 0.4) is 0 Å². The molecule has 0 amide bonds. The average Bonchev–Trinajstić information content (AvgIpc) is 3.43. The van der Waals surface area contributed by atoms with E-state index in [2.05, 4.69) is 20.4 Å². The predicted octanol–water partition coefficient (Wildman–Crippen LogP) is 4.30. The fourth-order valence-electron chi connectivity index (χ4n) is 2.91. The van der Waals surface area contributed by atoms with Crippen LogP contribution in [0.4, 0.5) is 0 Å². The maximum atomic E-state index is 12.1. The van der Waals surface area contributed by atoms with Gasteiger partial charge in [0.05, 0.1) is 17.4 Å². The summed E-state index contributed by atoms with van der Waals surface area (Å²) in [6.07, 6.45) is -0.185. The van der Waals surface area contributed by atoms with Crippen molar-refractivity contribution in [2.45, 2.75) is 40.0 Å². The van der Waals surface area contributed by atoms with Gasteiger partial charge in [0.2, 0.25) is 5.82 Å². The van der Waals surface area contributed by atoms with E-state index in [4.69, 9.17) is 9.47 Å². The van der Waals surface area contributed by atoms with Crippen molar-refractivity contribution in [3.63, 3.8) is 0 Å². The number of aromatic nitrogens is 5. The first-order chi connectivity index (χ1) is 15.5. The van der Waals surface area contributed by atoms with E-state index in [0.29, 0.717) is 30.1 Å². The van der Waals surface area contributed by atoms with E-state index < -0.39 is 0 Å². The van der Waals surface area contributed by atoms with Gasteiger partial charge in [-0.15, -0.1) is 21.5 Å². The topological polar surface area (TPSA) is 92.0 Å². The number of rotatable bonds is 8. The van der Waals surface area contributed by atoms with Crippen LogP contribution in [-0.2, 0) is 17.9 Å². The highest BCUT2D eigenvalue weighted by Crippen LogP contribution is 2.18. The molecule has 32 heavy (non-hydrogen) atoms. The molecule has 0 N–H and O–H groups in total. The van der Waals surface area contributed by atoms with E-state index in [1.165, 1.54) is 21.7 Å². The van der Waals surface area contributed by atoms with Gasteiger partial charge in [-0.05, 0) is 50.3 Å². The van der Waals surface area contributed by atoms with E-state index in [9.17, 15) is 4.79 Å². The number of esters is 1. The zero-order valence-electron chi connectivity index (χ0n) is 18.1. The van der Waals surface area contributed by atoms with Crippen LogP contribution >= 0.6 is 11.3 Å². The number of aryl methyl sites for hydroxylation is 1. The molecule has 2 aromatic heterocycles. The summed E-state index contributed by atoms with van der Waals surface area (Å²) in [6, 6.07) is 14.9. The third-order valence-electron chi connectivity index (χ3n) is 4.44. The minimum Gasteiger partial charge on any atom is -0.486 e. The van der Waals surface area contributed by atoms with Crippen molar-refractivity contribution >= 4 is 17.3 Å². The molecular weight excluding hydrogens is 426 g/mol. The first-order valence-corrected chi connectivity index (χ1v) is 11.1. The van der Waals surface area contributed by atoms with Gasteiger partial charge in [0.15, 0.2) is 0 Å². The van der Waals surface area contributed by atoms with Gasteiger partial charge < -0.3 is 9.47 Å². The number of thiazole rings is 1.